The Morgan fingerprint density at radius 3 is 2.78 bits per heavy atom. The SMILES string of the molecule is Cc1ccncc1C(=O)N[C@H](C(=O)N1CCC[C@H]1C=O)C(C)C. The van der Waals surface area contributed by atoms with Crippen molar-refractivity contribution < 1.29 is 14.4 Å². The van der Waals surface area contributed by atoms with E-state index in [0.717, 1.165) is 18.3 Å². The van der Waals surface area contributed by atoms with E-state index in [9.17, 15) is 14.4 Å². The van der Waals surface area contributed by atoms with Crippen molar-refractivity contribution in [1.82, 2.24) is 15.2 Å². The van der Waals surface area contributed by atoms with Gasteiger partial charge in [0.15, 0.2) is 0 Å². The number of carbonyl (C=O) groups is 3. The third kappa shape index (κ3) is 3.75. The molecule has 2 atom stereocenters. The van der Waals surface area contributed by atoms with Gasteiger partial charge in [0.05, 0.1) is 11.6 Å². The topological polar surface area (TPSA) is 79.4 Å². The highest BCUT2D eigenvalue weighted by molar-refractivity contribution is 5.98. The highest BCUT2D eigenvalue weighted by Crippen LogP contribution is 2.19. The number of likely N-dealkylation sites (tertiary alicyclic amines) is 1. The average molecular weight is 317 g/mol. The van der Waals surface area contributed by atoms with Gasteiger partial charge in [0.25, 0.3) is 5.91 Å². The normalized spacial score (nSPS) is 18.8. The second kappa shape index (κ2) is 7.35. The fraction of sp³-hybridized carbons (Fsp3) is 0.529. The van der Waals surface area contributed by atoms with Crippen LogP contribution in [-0.4, -0.2) is 46.6 Å². The van der Waals surface area contributed by atoms with Gasteiger partial charge >= 0.3 is 0 Å². The first-order valence-corrected chi connectivity index (χ1v) is 7.93. The molecule has 0 saturated carbocycles. The molecule has 0 bridgehead atoms. The lowest BCUT2D eigenvalue weighted by atomic mass is 10.0. The summed E-state index contributed by atoms with van der Waals surface area (Å²) in [5.41, 5.74) is 1.26. The Labute approximate surface area is 136 Å². The molecule has 6 heteroatoms. The van der Waals surface area contributed by atoms with Crippen molar-refractivity contribution in [3.63, 3.8) is 0 Å². The van der Waals surface area contributed by atoms with Crippen LogP contribution in [0.2, 0.25) is 0 Å². The Hall–Kier alpha value is -2.24. The molecule has 2 amide bonds. The molecule has 2 rings (SSSR count). The molecule has 1 saturated heterocycles. The van der Waals surface area contributed by atoms with E-state index >= 15 is 0 Å². The van der Waals surface area contributed by atoms with Gasteiger partial charge in [-0.2, -0.15) is 0 Å². The summed E-state index contributed by atoms with van der Waals surface area (Å²) in [5.74, 6) is -0.578. The Morgan fingerprint density at radius 1 is 1.43 bits per heavy atom. The molecule has 23 heavy (non-hydrogen) atoms. The number of nitrogens with one attached hydrogen (secondary N) is 1. The third-order valence-electron chi connectivity index (χ3n) is 4.24. The van der Waals surface area contributed by atoms with Crippen molar-refractivity contribution in [2.75, 3.05) is 6.54 Å². The van der Waals surface area contributed by atoms with E-state index in [0.29, 0.717) is 18.5 Å². The maximum absolute atomic E-state index is 12.7. The molecule has 0 aliphatic carbocycles. The maximum atomic E-state index is 12.7. The number of aldehydes is 1. The smallest absolute Gasteiger partial charge is 0.253 e. The zero-order valence-corrected chi connectivity index (χ0v) is 13.8. The van der Waals surface area contributed by atoms with Crippen molar-refractivity contribution in [2.45, 2.75) is 45.7 Å². The summed E-state index contributed by atoms with van der Waals surface area (Å²) < 4.78 is 0. The Balaban J connectivity index is 2.16. The lowest BCUT2D eigenvalue weighted by molar-refractivity contribution is -0.137. The number of nitrogens with zero attached hydrogens (tertiary/aromatic N) is 2. The quantitative estimate of drug-likeness (QED) is 0.831. The highest BCUT2D eigenvalue weighted by Gasteiger charge is 2.35. The Kier molecular flexibility index (Phi) is 5.47. The fourth-order valence-electron chi connectivity index (χ4n) is 2.82. The molecule has 2 heterocycles. The van der Waals surface area contributed by atoms with Gasteiger partial charge in [0, 0.05) is 18.9 Å². The van der Waals surface area contributed by atoms with Gasteiger partial charge < -0.3 is 15.0 Å². The molecule has 0 radical (unpaired) electrons. The number of carbonyl (C=O) groups excluding carboxylic acids is 3. The van der Waals surface area contributed by atoms with Gasteiger partial charge in [-0.1, -0.05) is 13.8 Å². The van der Waals surface area contributed by atoms with Crippen LogP contribution in [0.4, 0.5) is 0 Å². The minimum atomic E-state index is -0.650. The molecule has 0 spiro atoms. The van der Waals surface area contributed by atoms with Crippen LogP contribution >= 0.6 is 0 Å². The van der Waals surface area contributed by atoms with Gasteiger partial charge in [-0.3, -0.25) is 14.6 Å². The molecule has 124 valence electrons. The first-order chi connectivity index (χ1) is 11.0. The van der Waals surface area contributed by atoms with Gasteiger partial charge in [-0.05, 0) is 37.3 Å². The number of aromatic nitrogens is 1. The van der Waals surface area contributed by atoms with Gasteiger partial charge in [-0.25, -0.2) is 0 Å². The van der Waals surface area contributed by atoms with E-state index in [2.05, 4.69) is 10.3 Å². The summed E-state index contributed by atoms with van der Waals surface area (Å²) in [7, 11) is 0. The molecule has 1 N–H and O–H groups in total. The van der Waals surface area contributed by atoms with Crippen molar-refractivity contribution in [2.24, 2.45) is 5.92 Å². The first-order valence-electron chi connectivity index (χ1n) is 7.93. The highest BCUT2D eigenvalue weighted by atomic mass is 16.2. The van der Waals surface area contributed by atoms with Crippen molar-refractivity contribution >= 4 is 18.1 Å². The Bertz CT molecular complexity index is 601. The number of amides is 2. The van der Waals surface area contributed by atoms with Crippen LogP contribution in [0.5, 0.6) is 0 Å². The van der Waals surface area contributed by atoms with E-state index < -0.39 is 6.04 Å². The average Bonchev–Trinajstić information content (AvgIpc) is 3.00. The van der Waals surface area contributed by atoms with Crippen LogP contribution in [0.15, 0.2) is 18.5 Å². The lowest BCUT2D eigenvalue weighted by Crippen LogP contribution is -2.52. The summed E-state index contributed by atoms with van der Waals surface area (Å²) in [6, 6.07) is 0.729. The zero-order valence-electron chi connectivity index (χ0n) is 13.8. The Morgan fingerprint density at radius 2 is 2.17 bits per heavy atom. The first kappa shape index (κ1) is 17.1. The van der Waals surface area contributed by atoms with E-state index in [1.165, 1.54) is 6.20 Å². The van der Waals surface area contributed by atoms with Crippen LogP contribution in [-0.2, 0) is 9.59 Å². The number of pyridine rings is 1. The summed E-state index contributed by atoms with van der Waals surface area (Å²) in [6.45, 7) is 6.15. The zero-order chi connectivity index (χ0) is 17.0. The fourth-order valence-corrected chi connectivity index (χ4v) is 2.82. The predicted molar refractivity (Wildman–Crippen MR) is 85.9 cm³/mol. The second-order valence-corrected chi connectivity index (χ2v) is 6.26. The number of aryl methyl sites for hydroxylation is 1. The second-order valence-electron chi connectivity index (χ2n) is 6.26. The molecule has 1 aromatic rings. The van der Waals surface area contributed by atoms with Crippen LogP contribution < -0.4 is 5.32 Å². The van der Waals surface area contributed by atoms with Crippen molar-refractivity contribution in [1.29, 1.82) is 0 Å². The largest absolute Gasteiger partial charge is 0.340 e. The standard InChI is InChI=1S/C17H23N3O3/c1-11(2)15(17(23)20-8-4-5-13(20)10-21)19-16(22)14-9-18-7-6-12(14)3/h6-7,9-11,13,15H,4-5,8H2,1-3H3,(H,19,22)/t13-,15-/m0/s1. The van der Waals surface area contributed by atoms with Crippen LogP contribution in [0, 0.1) is 12.8 Å². The van der Waals surface area contributed by atoms with Crippen molar-refractivity contribution in [3.8, 4) is 0 Å². The van der Waals surface area contributed by atoms with Crippen LogP contribution in [0.3, 0.4) is 0 Å². The molecule has 1 fully saturated rings. The lowest BCUT2D eigenvalue weighted by Gasteiger charge is -2.29. The van der Waals surface area contributed by atoms with Crippen LogP contribution in [0.1, 0.15) is 42.6 Å². The minimum Gasteiger partial charge on any atom is -0.340 e. The van der Waals surface area contributed by atoms with E-state index in [1.54, 1.807) is 17.2 Å². The third-order valence-corrected chi connectivity index (χ3v) is 4.24. The summed E-state index contributed by atoms with van der Waals surface area (Å²) in [4.78, 5) is 41.9. The van der Waals surface area contributed by atoms with Crippen molar-refractivity contribution in [3.05, 3.63) is 29.6 Å². The molecule has 6 nitrogen and oxygen atoms in total. The molecular formula is C17H23N3O3. The summed E-state index contributed by atoms with van der Waals surface area (Å²) in [6.07, 6.45) is 5.44. The predicted octanol–water partition coefficient (Wildman–Crippen LogP) is 1.33. The van der Waals surface area contributed by atoms with E-state index in [4.69, 9.17) is 0 Å². The monoisotopic (exact) mass is 317 g/mol. The minimum absolute atomic E-state index is 0.0728. The number of hydrogen-bond donors (Lipinski definition) is 1. The summed E-state index contributed by atoms with van der Waals surface area (Å²) >= 11 is 0. The van der Waals surface area contributed by atoms with Crippen LogP contribution in [0.25, 0.3) is 0 Å². The van der Waals surface area contributed by atoms with E-state index in [-0.39, 0.29) is 23.8 Å². The maximum Gasteiger partial charge on any atom is 0.253 e. The van der Waals surface area contributed by atoms with E-state index in [1.807, 2.05) is 20.8 Å². The molecule has 0 aromatic carbocycles. The molecule has 0 unspecified atom stereocenters. The number of rotatable bonds is 5. The van der Waals surface area contributed by atoms with Gasteiger partial charge in [-0.15, -0.1) is 0 Å². The van der Waals surface area contributed by atoms with Gasteiger partial charge in [0.2, 0.25) is 5.91 Å². The molecular weight excluding hydrogens is 294 g/mol. The summed E-state index contributed by atoms with van der Waals surface area (Å²) in [5, 5.41) is 2.81. The molecule has 1 aliphatic rings. The molecule has 1 aliphatic heterocycles. The number of hydrogen-bond acceptors (Lipinski definition) is 4. The molecule has 1 aromatic heterocycles. The van der Waals surface area contributed by atoms with Gasteiger partial charge in [0.1, 0.15) is 12.3 Å².